The van der Waals surface area contributed by atoms with Gasteiger partial charge in [0, 0.05) is 24.6 Å². The normalized spacial score (nSPS) is 16.9. The third-order valence-corrected chi connectivity index (χ3v) is 5.29. The number of benzene rings is 1. The van der Waals surface area contributed by atoms with Crippen LogP contribution in [-0.4, -0.2) is 35.0 Å². The topological polar surface area (TPSA) is 51.2 Å². The molecule has 0 radical (unpaired) electrons. The van der Waals surface area contributed by atoms with Gasteiger partial charge in [-0.25, -0.2) is 4.98 Å². The van der Waals surface area contributed by atoms with Gasteiger partial charge in [0.1, 0.15) is 6.10 Å². The number of nitrogens with zero attached hydrogens (tertiary/aromatic N) is 1. The smallest absolute Gasteiger partial charge is 0.416 e. The number of hydrogen-bond donors (Lipinski definition) is 1. The van der Waals surface area contributed by atoms with Gasteiger partial charge < -0.3 is 10.1 Å². The lowest BCUT2D eigenvalue weighted by Gasteiger charge is -2.11. The van der Waals surface area contributed by atoms with Crippen molar-refractivity contribution in [2.45, 2.75) is 25.1 Å². The van der Waals surface area contributed by atoms with Crippen LogP contribution in [0.5, 0.6) is 5.88 Å². The number of halogens is 3. The second kappa shape index (κ2) is 8.65. The molecule has 0 bridgehead atoms. The molecule has 8 heteroatoms. The first-order valence-corrected chi connectivity index (χ1v) is 9.72. The van der Waals surface area contributed by atoms with E-state index in [1.54, 1.807) is 12.1 Å². The number of hydrogen-bond acceptors (Lipinski definition) is 4. The van der Waals surface area contributed by atoms with E-state index in [9.17, 15) is 18.0 Å². The highest BCUT2D eigenvalue weighted by atomic mass is 32.2. The summed E-state index contributed by atoms with van der Waals surface area (Å²) in [6, 6.07) is 8.25. The number of aromatic nitrogens is 1. The first kappa shape index (κ1) is 19.5. The van der Waals surface area contributed by atoms with Gasteiger partial charge in [-0.3, -0.25) is 4.79 Å². The van der Waals surface area contributed by atoms with Crippen LogP contribution in [0.3, 0.4) is 0 Å². The highest BCUT2D eigenvalue weighted by molar-refractivity contribution is 7.99. The van der Waals surface area contributed by atoms with Gasteiger partial charge in [0.05, 0.1) is 11.1 Å². The van der Waals surface area contributed by atoms with Crippen molar-refractivity contribution in [2.75, 3.05) is 18.1 Å². The zero-order chi connectivity index (χ0) is 19.3. The average molecular weight is 396 g/mol. The lowest BCUT2D eigenvalue weighted by molar-refractivity contribution is -0.137. The fourth-order valence-electron chi connectivity index (χ4n) is 2.64. The van der Waals surface area contributed by atoms with E-state index in [1.807, 2.05) is 11.8 Å². The predicted molar refractivity (Wildman–Crippen MR) is 98.1 cm³/mol. The van der Waals surface area contributed by atoms with Crippen molar-refractivity contribution in [3.8, 4) is 5.88 Å². The monoisotopic (exact) mass is 396 g/mol. The van der Waals surface area contributed by atoms with Crippen molar-refractivity contribution in [3.05, 3.63) is 59.3 Å². The Morgan fingerprint density at radius 3 is 2.59 bits per heavy atom. The van der Waals surface area contributed by atoms with Crippen molar-refractivity contribution in [1.82, 2.24) is 10.3 Å². The number of thioether (sulfide) groups is 1. The van der Waals surface area contributed by atoms with Crippen molar-refractivity contribution >= 4 is 17.7 Å². The Morgan fingerprint density at radius 1 is 1.22 bits per heavy atom. The van der Waals surface area contributed by atoms with Gasteiger partial charge >= 0.3 is 6.18 Å². The summed E-state index contributed by atoms with van der Waals surface area (Å²) in [7, 11) is 0. The van der Waals surface area contributed by atoms with Gasteiger partial charge in [-0.2, -0.15) is 24.9 Å². The maximum atomic E-state index is 12.5. The number of nitrogens with one attached hydrogen (secondary N) is 1. The number of carbonyl (C=O) groups excluding carboxylic acids is 1. The van der Waals surface area contributed by atoms with E-state index in [0.717, 1.165) is 35.6 Å². The molecule has 1 aromatic heterocycles. The van der Waals surface area contributed by atoms with Crippen LogP contribution >= 0.6 is 11.8 Å². The van der Waals surface area contributed by atoms with Crippen LogP contribution in [0.25, 0.3) is 0 Å². The highest BCUT2D eigenvalue weighted by Crippen LogP contribution is 2.29. The average Bonchev–Trinajstić information content (AvgIpc) is 3.15. The molecular formula is C19H19F3N2O2S. The van der Waals surface area contributed by atoms with Gasteiger partial charge in [-0.1, -0.05) is 12.1 Å². The lowest BCUT2D eigenvalue weighted by Crippen LogP contribution is -2.26. The van der Waals surface area contributed by atoms with Crippen LogP contribution in [0, 0.1) is 0 Å². The number of pyridine rings is 1. The van der Waals surface area contributed by atoms with Crippen molar-refractivity contribution < 1.29 is 22.7 Å². The molecular weight excluding hydrogens is 377 g/mol. The molecule has 0 saturated carbocycles. The lowest BCUT2D eigenvalue weighted by atomic mass is 10.1. The van der Waals surface area contributed by atoms with Gasteiger partial charge in [-0.15, -0.1) is 0 Å². The second-order valence-corrected chi connectivity index (χ2v) is 7.34. The molecule has 3 rings (SSSR count). The maximum absolute atomic E-state index is 12.5. The minimum absolute atomic E-state index is 0.172. The van der Waals surface area contributed by atoms with E-state index >= 15 is 0 Å². The van der Waals surface area contributed by atoms with Crippen LogP contribution in [0.15, 0.2) is 42.6 Å². The summed E-state index contributed by atoms with van der Waals surface area (Å²) in [6.45, 7) is 0.321. The molecule has 0 aliphatic carbocycles. The van der Waals surface area contributed by atoms with Gasteiger partial charge in [0.2, 0.25) is 5.88 Å². The van der Waals surface area contributed by atoms with Crippen LogP contribution in [0.4, 0.5) is 13.2 Å². The molecule has 1 aliphatic heterocycles. The predicted octanol–water partition coefficient (Wildman–Crippen LogP) is 3.96. The summed E-state index contributed by atoms with van der Waals surface area (Å²) in [5, 5.41) is 2.74. The number of carbonyl (C=O) groups is 1. The fourth-order valence-corrected chi connectivity index (χ4v) is 3.74. The SMILES string of the molecule is O=C(NCCc1ccc(C(F)(F)F)cc1)c1ccc(O[C@@H]2CCSC2)nc1. The summed E-state index contributed by atoms with van der Waals surface area (Å²) in [4.78, 5) is 16.3. The Kier molecular flexibility index (Phi) is 6.26. The standard InChI is InChI=1S/C19H19F3N2O2S/c20-19(21,22)15-4-1-13(2-5-15)7-9-23-18(25)14-3-6-17(24-11-14)26-16-8-10-27-12-16/h1-6,11,16H,7-10,12H2,(H,23,25)/t16-/m1/s1. The van der Waals surface area contributed by atoms with Crippen molar-refractivity contribution in [3.63, 3.8) is 0 Å². The Hall–Kier alpha value is -2.22. The molecule has 1 saturated heterocycles. The minimum Gasteiger partial charge on any atom is -0.473 e. The zero-order valence-electron chi connectivity index (χ0n) is 14.5. The molecule has 0 unspecified atom stereocenters. The number of alkyl halides is 3. The number of amides is 1. The fraction of sp³-hybridized carbons (Fsp3) is 0.368. The Morgan fingerprint density at radius 2 is 2.00 bits per heavy atom. The number of ether oxygens (including phenoxy) is 1. The van der Waals surface area contributed by atoms with E-state index in [-0.39, 0.29) is 12.0 Å². The van der Waals surface area contributed by atoms with E-state index in [2.05, 4.69) is 10.3 Å². The van der Waals surface area contributed by atoms with Crippen LogP contribution in [-0.2, 0) is 12.6 Å². The number of rotatable bonds is 6. The zero-order valence-corrected chi connectivity index (χ0v) is 15.3. The van der Waals surface area contributed by atoms with E-state index in [1.165, 1.54) is 18.3 Å². The molecule has 1 N–H and O–H groups in total. The van der Waals surface area contributed by atoms with Crippen LogP contribution < -0.4 is 10.1 Å². The quantitative estimate of drug-likeness (QED) is 0.803. The molecule has 1 atom stereocenters. The molecule has 4 nitrogen and oxygen atoms in total. The van der Waals surface area contributed by atoms with E-state index < -0.39 is 11.7 Å². The Balaban J connectivity index is 1.46. The molecule has 1 fully saturated rings. The third-order valence-electron chi connectivity index (χ3n) is 4.15. The molecule has 0 spiro atoms. The summed E-state index contributed by atoms with van der Waals surface area (Å²) >= 11 is 1.85. The summed E-state index contributed by atoms with van der Waals surface area (Å²) in [5.41, 5.74) is 0.454. The third kappa shape index (κ3) is 5.63. The maximum Gasteiger partial charge on any atom is 0.416 e. The Labute approximate surface area is 159 Å². The molecule has 1 amide bonds. The molecule has 1 aliphatic rings. The highest BCUT2D eigenvalue weighted by Gasteiger charge is 2.29. The van der Waals surface area contributed by atoms with Crippen LogP contribution in [0.1, 0.15) is 27.9 Å². The molecule has 2 aromatic rings. The first-order valence-electron chi connectivity index (χ1n) is 8.56. The minimum atomic E-state index is -4.34. The van der Waals surface area contributed by atoms with Gasteiger partial charge in [-0.05, 0) is 42.4 Å². The molecule has 144 valence electrons. The van der Waals surface area contributed by atoms with Crippen molar-refractivity contribution in [2.24, 2.45) is 0 Å². The van der Waals surface area contributed by atoms with E-state index in [0.29, 0.717) is 24.4 Å². The van der Waals surface area contributed by atoms with Crippen molar-refractivity contribution in [1.29, 1.82) is 0 Å². The Bertz CT molecular complexity index is 758. The molecule has 2 heterocycles. The summed E-state index contributed by atoms with van der Waals surface area (Å²) < 4.78 is 43.3. The molecule has 27 heavy (non-hydrogen) atoms. The van der Waals surface area contributed by atoms with Gasteiger partial charge in [0.15, 0.2) is 0 Å². The summed E-state index contributed by atoms with van der Waals surface area (Å²) in [5.74, 6) is 2.26. The van der Waals surface area contributed by atoms with E-state index in [4.69, 9.17) is 4.74 Å². The molecule has 1 aromatic carbocycles. The van der Waals surface area contributed by atoms with Crippen LogP contribution in [0.2, 0.25) is 0 Å². The largest absolute Gasteiger partial charge is 0.473 e. The second-order valence-electron chi connectivity index (χ2n) is 6.19. The first-order chi connectivity index (χ1) is 12.9. The summed E-state index contributed by atoms with van der Waals surface area (Å²) in [6.07, 6.45) is -1.26. The van der Waals surface area contributed by atoms with Gasteiger partial charge in [0.25, 0.3) is 5.91 Å².